The van der Waals surface area contributed by atoms with Gasteiger partial charge < -0.3 is 14.8 Å². The van der Waals surface area contributed by atoms with Crippen molar-refractivity contribution in [2.75, 3.05) is 26.4 Å². The Kier molecular flexibility index (Phi) is 4.90. The highest BCUT2D eigenvalue weighted by atomic mass is 32.1. The number of nitrogens with zero attached hydrogens (tertiary/aromatic N) is 1. The highest BCUT2D eigenvalue weighted by molar-refractivity contribution is 7.09. The Morgan fingerprint density at radius 2 is 2.04 bits per heavy atom. The van der Waals surface area contributed by atoms with Gasteiger partial charge in [-0.1, -0.05) is 6.07 Å². The molecule has 2 aromatic rings. The normalized spacial score (nSPS) is 17.6. The Balaban J connectivity index is 1.23. The fourth-order valence-electron chi connectivity index (χ4n) is 3.35. The van der Waals surface area contributed by atoms with Crippen LogP contribution in [0.2, 0.25) is 0 Å². The van der Waals surface area contributed by atoms with E-state index in [1.807, 2.05) is 11.3 Å². The van der Waals surface area contributed by atoms with E-state index in [0.717, 1.165) is 39.0 Å². The molecule has 4 rings (SSSR count). The van der Waals surface area contributed by atoms with Crippen LogP contribution in [0.1, 0.15) is 28.1 Å². The van der Waals surface area contributed by atoms with Gasteiger partial charge in [-0.15, -0.1) is 11.3 Å². The average molecular weight is 358 g/mol. The maximum atomic E-state index is 12.3. The minimum atomic E-state index is -0.0423. The van der Waals surface area contributed by atoms with Crippen molar-refractivity contribution in [3.8, 4) is 11.5 Å². The van der Waals surface area contributed by atoms with Gasteiger partial charge in [0.25, 0.3) is 5.91 Å². The number of piperidine rings is 1. The van der Waals surface area contributed by atoms with Crippen molar-refractivity contribution in [3.63, 3.8) is 0 Å². The van der Waals surface area contributed by atoms with Crippen molar-refractivity contribution in [3.05, 3.63) is 46.2 Å². The Morgan fingerprint density at radius 3 is 2.84 bits per heavy atom. The highest BCUT2D eigenvalue weighted by Gasteiger charge is 2.21. The number of nitrogens with one attached hydrogen (secondary N) is 1. The molecule has 2 aliphatic heterocycles. The van der Waals surface area contributed by atoms with Crippen LogP contribution < -0.4 is 14.8 Å². The Bertz CT molecular complexity index is 724. The molecule has 0 unspecified atom stereocenters. The summed E-state index contributed by atoms with van der Waals surface area (Å²) in [7, 11) is 0. The van der Waals surface area contributed by atoms with Crippen LogP contribution >= 0.6 is 11.3 Å². The number of hydrogen-bond acceptors (Lipinski definition) is 5. The third-order valence-electron chi connectivity index (χ3n) is 4.85. The summed E-state index contributed by atoms with van der Waals surface area (Å²) in [6, 6.07) is 9.63. The number of ether oxygens (including phenoxy) is 2. The lowest BCUT2D eigenvalue weighted by molar-refractivity contribution is 0.0935. The van der Waals surface area contributed by atoms with E-state index >= 15 is 0 Å². The first-order valence-corrected chi connectivity index (χ1v) is 9.58. The molecule has 2 aliphatic rings. The number of rotatable bonds is 5. The second-order valence-corrected chi connectivity index (χ2v) is 7.61. The molecule has 1 aromatic carbocycles. The van der Waals surface area contributed by atoms with Crippen LogP contribution in [0.25, 0.3) is 0 Å². The summed E-state index contributed by atoms with van der Waals surface area (Å²) < 4.78 is 10.6. The number of carbonyl (C=O) groups excluding carboxylic acids is 1. The van der Waals surface area contributed by atoms with Gasteiger partial charge in [-0.3, -0.25) is 9.69 Å². The first-order valence-electron chi connectivity index (χ1n) is 8.70. The molecule has 1 aromatic heterocycles. The van der Waals surface area contributed by atoms with Crippen molar-refractivity contribution in [2.24, 2.45) is 5.92 Å². The van der Waals surface area contributed by atoms with Crippen LogP contribution in [0.3, 0.4) is 0 Å². The van der Waals surface area contributed by atoms with Crippen molar-refractivity contribution in [1.82, 2.24) is 10.2 Å². The third-order valence-corrected chi connectivity index (χ3v) is 5.71. The summed E-state index contributed by atoms with van der Waals surface area (Å²) in [5, 5.41) is 5.20. The molecule has 0 atom stereocenters. The van der Waals surface area contributed by atoms with Crippen LogP contribution in [0.5, 0.6) is 11.5 Å². The van der Waals surface area contributed by atoms with Crippen LogP contribution in [0.4, 0.5) is 0 Å². The zero-order valence-electron chi connectivity index (χ0n) is 14.1. The maximum absolute atomic E-state index is 12.3. The lowest BCUT2D eigenvalue weighted by Gasteiger charge is -2.31. The molecule has 25 heavy (non-hydrogen) atoms. The first kappa shape index (κ1) is 16.4. The minimum absolute atomic E-state index is 0.0423. The molecule has 1 saturated heterocycles. The summed E-state index contributed by atoms with van der Waals surface area (Å²) in [6.07, 6.45) is 2.26. The topological polar surface area (TPSA) is 50.8 Å². The molecular formula is C19H22N2O3S. The molecule has 0 radical (unpaired) electrons. The Morgan fingerprint density at radius 1 is 1.20 bits per heavy atom. The highest BCUT2D eigenvalue weighted by Crippen LogP contribution is 2.32. The largest absolute Gasteiger partial charge is 0.454 e. The molecule has 0 spiro atoms. The molecule has 0 bridgehead atoms. The number of amides is 1. The SMILES string of the molecule is O=C(NCC1CCN(Cc2cccs2)CC1)c1ccc2c(c1)OCO2. The Hall–Kier alpha value is -2.05. The second-order valence-electron chi connectivity index (χ2n) is 6.58. The number of thiophene rings is 1. The van der Waals surface area contributed by atoms with Gasteiger partial charge >= 0.3 is 0 Å². The van der Waals surface area contributed by atoms with Gasteiger partial charge in [0.2, 0.25) is 6.79 Å². The van der Waals surface area contributed by atoms with Crippen LogP contribution in [0, 0.1) is 5.92 Å². The van der Waals surface area contributed by atoms with E-state index in [4.69, 9.17) is 9.47 Å². The van der Waals surface area contributed by atoms with Crippen molar-refractivity contribution in [2.45, 2.75) is 19.4 Å². The fraction of sp³-hybridized carbons (Fsp3) is 0.421. The quantitative estimate of drug-likeness (QED) is 0.892. The molecule has 0 aliphatic carbocycles. The first-order chi connectivity index (χ1) is 12.3. The molecular weight excluding hydrogens is 336 g/mol. The number of fused-ring (bicyclic) bond motifs is 1. The molecule has 6 heteroatoms. The third kappa shape index (κ3) is 3.96. The average Bonchev–Trinajstić information content (AvgIpc) is 3.31. The van der Waals surface area contributed by atoms with E-state index in [-0.39, 0.29) is 12.7 Å². The van der Waals surface area contributed by atoms with Crippen molar-refractivity contribution >= 4 is 17.2 Å². The number of hydrogen-bond donors (Lipinski definition) is 1. The minimum Gasteiger partial charge on any atom is -0.454 e. The molecule has 5 nitrogen and oxygen atoms in total. The van der Waals surface area contributed by atoms with Gasteiger partial charge in [0.05, 0.1) is 0 Å². The van der Waals surface area contributed by atoms with E-state index < -0.39 is 0 Å². The zero-order chi connectivity index (χ0) is 17.1. The van der Waals surface area contributed by atoms with Gasteiger partial charge in [0.15, 0.2) is 11.5 Å². The molecule has 0 saturated carbocycles. The van der Waals surface area contributed by atoms with Crippen LogP contribution in [-0.2, 0) is 6.54 Å². The van der Waals surface area contributed by atoms with E-state index in [0.29, 0.717) is 23.0 Å². The van der Waals surface area contributed by atoms with Gasteiger partial charge in [0.1, 0.15) is 0 Å². The van der Waals surface area contributed by atoms with Crippen molar-refractivity contribution < 1.29 is 14.3 Å². The van der Waals surface area contributed by atoms with Crippen molar-refractivity contribution in [1.29, 1.82) is 0 Å². The smallest absolute Gasteiger partial charge is 0.251 e. The van der Waals surface area contributed by atoms with E-state index in [9.17, 15) is 4.79 Å². The summed E-state index contributed by atoms with van der Waals surface area (Å²) in [4.78, 5) is 16.3. The predicted molar refractivity (Wildman–Crippen MR) is 97.2 cm³/mol. The number of likely N-dealkylation sites (tertiary alicyclic amines) is 1. The fourth-order valence-corrected chi connectivity index (χ4v) is 4.09. The van der Waals surface area contributed by atoms with Crippen LogP contribution in [-0.4, -0.2) is 37.2 Å². The molecule has 1 fully saturated rings. The van der Waals surface area contributed by atoms with Gasteiger partial charge in [-0.05, 0) is 61.5 Å². The van der Waals surface area contributed by atoms with Gasteiger partial charge in [-0.25, -0.2) is 0 Å². The molecule has 132 valence electrons. The zero-order valence-corrected chi connectivity index (χ0v) is 14.9. The summed E-state index contributed by atoms with van der Waals surface area (Å²) in [5.74, 6) is 1.86. The van der Waals surface area contributed by atoms with Gasteiger partial charge in [0, 0.05) is 23.5 Å². The standard InChI is InChI=1S/C19H22N2O3S/c22-19(15-3-4-17-18(10-15)24-13-23-17)20-11-14-5-7-21(8-6-14)12-16-2-1-9-25-16/h1-4,9-10,14H,5-8,11-13H2,(H,20,22). The predicted octanol–water partition coefficient (Wildman–Crippen LogP) is 3.12. The van der Waals surface area contributed by atoms with E-state index in [2.05, 4.69) is 27.7 Å². The lowest BCUT2D eigenvalue weighted by atomic mass is 9.96. The van der Waals surface area contributed by atoms with E-state index in [1.165, 1.54) is 4.88 Å². The van der Waals surface area contributed by atoms with Crippen LogP contribution in [0.15, 0.2) is 35.7 Å². The second kappa shape index (κ2) is 7.45. The summed E-state index contributed by atoms with van der Waals surface area (Å²) in [6.45, 7) is 4.21. The number of carbonyl (C=O) groups is 1. The molecule has 1 amide bonds. The van der Waals surface area contributed by atoms with E-state index in [1.54, 1.807) is 18.2 Å². The lowest BCUT2D eigenvalue weighted by Crippen LogP contribution is -2.38. The molecule has 3 heterocycles. The monoisotopic (exact) mass is 358 g/mol. The maximum Gasteiger partial charge on any atom is 0.251 e. The molecule has 1 N–H and O–H groups in total. The Labute approximate surface area is 151 Å². The summed E-state index contributed by atoms with van der Waals surface area (Å²) in [5.41, 5.74) is 0.624. The summed E-state index contributed by atoms with van der Waals surface area (Å²) >= 11 is 1.82. The van der Waals surface area contributed by atoms with Gasteiger partial charge in [-0.2, -0.15) is 0 Å². The number of benzene rings is 1.